The fraction of sp³-hybridized carbons (Fsp3) is 0.810. The second-order valence-corrected chi connectivity index (χ2v) is 29.0. The van der Waals surface area contributed by atoms with E-state index < -0.39 is 52.1 Å². The summed E-state index contributed by atoms with van der Waals surface area (Å²) in [5.74, 6) is -0.984. The molecule has 53 heavy (non-hydrogen) atoms. The van der Waals surface area contributed by atoms with Gasteiger partial charge in [0.25, 0.3) is 0 Å². The van der Waals surface area contributed by atoms with E-state index in [0.29, 0.717) is 12.8 Å². The van der Waals surface area contributed by atoms with E-state index in [9.17, 15) is 19.8 Å². The van der Waals surface area contributed by atoms with Gasteiger partial charge >= 0.3 is 11.9 Å². The average molecular weight is 781 g/mol. The molecule has 1 saturated heterocycles. The molecular formula is C42H76O9Si2. The zero-order valence-electron chi connectivity index (χ0n) is 36.3. The van der Waals surface area contributed by atoms with Gasteiger partial charge in [-0.25, -0.2) is 0 Å². The molecule has 306 valence electrons. The van der Waals surface area contributed by atoms with E-state index in [1.54, 1.807) is 26.0 Å². The Labute approximate surface area is 324 Å². The third-order valence-corrected chi connectivity index (χ3v) is 21.2. The van der Waals surface area contributed by atoms with Gasteiger partial charge in [0.2, 0.25) is 0 Å². The number of esters is 2. The van der Waals surface area contributed by atoms with Crippen LogP contribution in [-0.2, 0) is 32.7 Å². The van der Waals surface area contributed by atoms with Crippen molar-refractivity contribution in [3.05, 3.63) is 36.0 Å². The van der Waals surface area contributed by atoms with E-state index in [1.807, 2.05) is 32.1 Å². The number of epoxide rings is 1. The smallest absolute Gasteiger partial charge is 0.308 e. The van der Waals surface area contributed by atoms with Crippen LogP contribution in [0.15, 0.2) is 36.0 Å². The van der Waals surface area contributed by atoms with Crippen LogP contribution in [0.3, 0.4) is 0 Å². The first-order valence-corrected chi connectivity index (χ1v) is 25.6. The predicted octanol–water partition coefficient (Wildman–Crippen LogP) is 9.20. The van der Waals surface area contributed by atoms with Crippen LogP contribution in [0, 0.1) is 11.8 Å². The molecule has 9 nitrogen and oxygen atoms in total. The van der Waals surface area contributed by atoms with Gasteiger partial charge in [0, 0.05) is 31.3 Å². The molecule has 10 atom stereocenters. The Bertz CT molecular complexity index is 1320. The molecule has 0 spiro atoms. The zero-order valence-corrected chi connectivity index (χ0v) is 38.3. The van der Waals surface area contributed by atoms with E-state index in [1.165, 1.54) is 6.92 Å². The maximum Gasteiger partial charge on any atom is 0.308 e. The Morgan fingerprint density at radius 3 is 2.17 bits per heavy atom. The third-order valence-electron chi connectivity index (χ3n) is 12.1. The number of aliphatic hydroxyl groups is 2. The summed E-state index contributed by atoms with van der Waals surface area (Å²) in [6.45, 7) is 35.0. The molecule has 0 saturated carbocycles. The fourth-order valence-corrected chi connectivity index (χ4v) is 9.28. The van der Waals surface area contributed by atoms with Crippen molar-refractivity contribution in [1.82, 2.24) is 0 Å². The highest BCUT2D eigenvalue weighted by Crippen LogP contribution is 2.43. The summed E-state index contributed by atoms with van der Waals surface area (Å²) in [6.07, 6.45) is 9.05. The van der Waals surface area contributed by atoms with Gasteiger partial charge in [0.1, 0.15) is 17.8 Å². The molecule has 0 unspecified atom stereocenters. The van der Waals surface area contributed by atoms with E-state index in [4.69, 9.17) is 23.1 Å². The van der Waals surface area contributed by atoms with Crippen molar-refractivity contribution in [3.63, 3.8) is 0 Å². The second kappa shape index (κ2) is 18.1. The van der Waals surface area contributed by atoms with Crippen LogP contribution < -0.4 is 0 Å². The summed E-state index contributed by atoms with van der Waals surface area (Å²) in [4.78, 5) is 25.6. The molecule has 0 aromatic heterocycles. The monoisotopic (exact) mass is 781 g/mol. The average Bonchev–Trinajstić information content (AvgIpc) is 3.74. The van der Waals surface area contributed by atoms with E-state index in [-0.39, 0.29) is 59.0 Å². The minimum Gasteiger partial charge on any atom is -0.457 e. The van der Waals surface area contributed by atoms with Crippen LogP contribution in [0.1, 0.15) is 122 Å². The molecule has 1 fully saturated rings. The first kappa shape index (κ1) is 47.5. The first-order valence-electron chi connectivity index (χ1n) is 19.8. The van der Waals surface area contributed by atoms with Crippen LogP contribution in [0.5, 0.6) is 0 Å². The standard InChI is InChI=1S/C42H76O9Si2/c1-18-33(51-53(16,17)40(9,10)11)30(4)38-34(48-38)27-41(12,45)24-19-20-28(2)37-29(3)21-22-35(47-31(5)43)42(13,46)25-23-32(26-36(44)49-37)50-52(14,15)39(6,7)8/h19-22,24,29-30,32-35,37-38,45-46H,18,23,25-27H2,1-17H3/b22-21+,24-19+,28-20+/t29-,30+,32+,33-,34+,35-,37+,38+,41-,42+/m0/s1. The molecule has 11 heteroatoms. The van der Waals surface area contributed by atoms with E-state index in [0.717, 1.165) is 12.0 Å². The van der Waals surface area contributed by atoms with Crippen LogP contribution >= 0.6 is 0 Å². The minimum absolute atomic E-state index is 0.0335. The van der Waals surface area contributed by atoms with Gasteiger partial charge in [-0.15, -0.1) is 0 Å². The molecule has 0 amide bonds. The molecule has 2 heterocycles. The molecule has 0 radical (unpaired) electrons. The topological polar surface area (TPSA) is 124 Å². The number of hydrogen-bond acceptors (Lipinski definition) is 9. The molecule has 2 aliphatic heterocycles. The molecule has 0 aliphatic carbocycles. The van der Waals surface area contributed by atoms with Gasteiger partial charge in [0.05, 0.1) is 30.3 Å². The summed E-state index contributed by atoms with van der Waals surface area (Å²) in [6, 6.07) is 0. The minimum atomic E-state index is -2.28. The summed E-state index contributed by atoms with van der Waals surface area (Å²) in [7, 11) is -4.22. The highest BCUT2D eigenvalue weighted by atomic mass is 28.4. The molecule has 2 aliphatic rings. The van der Waals surface area contributed by atoms with Crippen LogP contribution in [0.4, 0.5) is 0 Å². The summed E-state index contributed by atoms with van der Waals surface area (Å²) < 4.78 is 31.3. The number of ether oxygens (including phenoxy) is 3. The van der Waals surface area contributed by atoms with Crippen molar-refractivity contribution in [3.8, 4) is 0 Å². The van der Waals surface area contributed by atoms with Crippen LogP contribution in [0.25, 0.3) is 0 Å². The number of allylic oxidation sites excluding steroid dienone is 2. The maximum absolute atomic E-state index is 13.6. The van der Waals surface area contributed by atoms with Gasteiger partial charge in [-0.05, 0) is 87.9 Å². The lowest BCUT2D eigenvalue weighted by Crippen LogP contribution is -2.46. The largest absolute Gasteiger partial charge is 0.457 e. The highest BCUT2D eigenvalue weighted by Gasteiger charge is 2.50. The predicted molar refractivity (Wildman–Crippen MR) is 219 cm³/mol. The summed E-state index contributed by atoms with van der Waals surface area (Å²) >= 11 is 0. The number of hydrogen-bond donors (Lipinski definition) is 2. The molecule has 2 N–H and O–H groups in total. The number of carbonyl (C=O) groups is 2. The highest BCUT2D eigenvalue weighted by molar-refractivity contribution is 6.74. The molecule has 0 bridgehead atoms. The third kappa shape index (κ3) is 14.1. The quantitative estimate of drug-likeness (QED) is 0.0619. The Morgan fingerprint density at radius 1 is 1.06 bits per heavy atom. The normalized spacial score (nSPS) is 31.5. The van der Waals surface area contributed by atoms with E-state index in [2.05, 4.69) is 81.6 Å². The first-order chi connectivity index (χ1) is 23.9. The van der Waals surface area contributed by atoms with Gasteiger partial charge in [-0.2, -0.15) is 0 Å². The number of rotatable bonds is 13. The molecule has 0 aromatic rings. The fourth-order valence-electron chi connectivity index (χ4n) is 6.40. The van der Waals surface area contributed by atoms with Gasteiger partial charge in [-0.1, -0.05) is 86.6 Å². The maximum atomic E-state index is 13.6. The lowest BCUT2D eigenvalue weighted by atomic mass is 9.88. The summed E-state index contributed by atoms with van der Waals surface area (Å²) in [5.41, 5.74) is -1.73. The molecule has 0 aromatic carbocycles. The van der Waals surface area contributed by atoms with Gasteiger partial charge in [-0.3, -0.25) is 9.59 Å². The van der Waals surface area contributed by atoms with Crippen LogP contribution in [0.2, 0.25) is 36.3 Å². The number of carbonyl (C=O) groups excluding carboxylic acids is 2. The van der Waals surface area contributed by atoms with Crippen molar-refractivity contribution in [2.45, 2.75) is 206 Å². The van der Waals surface area contributed by atoms with Crippen molar-refractivity contribution >= 4 is 28.6 Å². The van der Waals surface area contributed by atoms with Crippen molar-refractivity contribution in [1.29, 1.82) is 0 Å². The SMILES string of the molecule is CC[C@H](O[Si](C)(C)C(C)(C)C)[C@@H](C)[C@H]1O[C@@H]1C[C@@](C)(O)/C=C/C=C(\C)[C@H]1OC(=O)C[C@H](O[Si](C)(C)C(C)(C)C)CC[C@@](C)(O)[C@@H](OC(C)=O)/C=C/[C@@H]1C. The molecular weight excluding hydrogens is 705 g/mol. The summed E-state index contributed by atoms with van der Waals surface area (Å²) in [5, 5.41) is 23.0. The lowest BCUT2D eigenvalue weighted by Gasteiger charge is -2.40. The van der Waals surface area contributed by atoms with Crippen molar-refractivity contribution in [2.24, 2.45) is 11.8 Å². The molecule has 2 rings (SSSR count). The Morgan fingerprint density at radius 2 is 1.64 bits per heavy atom. The Hall–Kier alpha value is -1.61. The number of cyclic esters (lactones) is 1. The Kier molecular flexibility index (Phi) is 16.2. The lowest BCUT2D eigenvalue weighted by molar-refractivity contribution is -0.157. The zero-order chi connectivity index (χ0) is 41.0. The van der Waals surface area contributed by atoms with E-state index >= 15 is 0 Å². The Balaban J connectivity index is 2.28. The van der Waals surface area contributed by atoms with Gasteiger partial charge < -0.3 is 33.3 Å². The van der Waals surface area contributed by atoms with Crippen molar-refractivity contribution < 1.29 is 42.9 Å². The van der Waals surface area contributed by atoms with Crippen LogP contribution in [-0.4, -0.2) is 86.6 Å². The van der Waals surface area contributed by atoms with Crippen molar-refractivity contribution in [2.75, 3.05) is 0 Å². The second-order valence-electron chi connectivity index (χ2n) is 19.4. The van der Waals surface area contributed by atoms with Gasteiger partial charge in [0.15, 0.2) is 16.6 Å².